The Kier molecular flexibility index (Phi) is 4.69. The normalized spacial score (nSPS) is 14.1. The lowest BCUT2D eigenvalue weighted by Crippen LogP contribution is -2.42. The Morgan fingerprint density at radius 1 is 1.00 bits per heavy atom. The molecule has 3 aromatic rings. The van der Waals surface area contributed by atoms with Gasteiger partial charge in [0.1, 0.15) is 11.6 Å². The molecule has 1 aliphatic rings. The summed E-state index contributed by atoms with van der Waals surface area (Å²) in [7, 11) is 0. The predicted molar refractivity (Wildman–Crippen MR) is 97.9 cm³/mol. The molecular formula is C22H18F2N2O2+2. The third-order valence-electron chi connectivity index (χ3n) is 4.70. The maximum Gasteiger partial charge on any atom is 0.404 e. The first-order chi connectivity index (χ1) is 13.5. The number of carbonyl (C=O) groups excluding carboxylic acids is 1. The SMILES string of the molecule is C=C1Cc2cc(F)cc(F)c2-c2cccc[n+]2CCOC(=O)c2cccc[n+]21. The number of hydrogen-bond acceptors (Lipinski definition) is 2. The molecule has 140 valence electrons. The molecule has 0 atom stereocenters. The van der Waals surface area contributed by atoms with E-state index in [0.29, 0.717) is 34.8 Å². The molecule has 0 radical (unpaired) electrons. The van der Waals surface area contributed by atoms with E-state index in [1.807, 2.05) is 6.07 Å². The first-order valence-electron chi connectivity index (χ1n) is 8.87. The molecule has 0 saturated heterocycles. The van der Waals surface area contributed by atoms with Gasteiger partial charge in [-0.2, -0.15) is 9.13 Å². The van der Waals surface area contributed by atoms with Gasteiger partial charge in [0.2, 0.25) is 5.69 Å². The number of halogens is 2. The van der Waals surface area contributed by atoms with Crippen molar-refractivity contribution in [1.82, 2.24) is 0 Å². The van der Waals surface area contributed by atoms with Crippen LogP contribution in [0, 0.1) is 11.6 Å². The van der Waals surface area contributed by atoms with Crippen molar-refractivity contribution < 1.29 is 27.4 Å². The molecule has 28 heavy (non-hydrogen) atoms. The number of fused-ring (bicyclic) bond motifs is 4. The highest BCUT2D eigenvalue weighted by Gasteiger charge is 2.28. The first-order valence-corrected chi connectivity index (χ1v) is 8.87. The molecule has 1 aliphatic heterocycles. The molecule has 0 N–H and O–H groups in total. The van der Waals surface area contributed by atoms with E-state index in [4.69, 9.17) is 4.74 Å². The number of aromatic nitrogens is 2. The second-order valence-electron chi connectivity index (χ2n) is 6.54. The number of pyridine rings is 2. The van der Waals surface area contributed by atoms with E-state index >= 15 is 0 Å². The molecule has 4 nitrogen and oxygen atoms in total. The second kappa shape index (κ2) is 7.31. The monoisotopic (exact) mass is 380 g/mol. The van der Waals surface area contributed by atoms with Crippen molar-refractivity contribution in [3.8, 4) is 11.3 Å². The van der Waals surface area contributed by atoms with Crippen LogP contribution in [0.15, 0.2) is 67.5 Å². The lowest BCUT2D eigenvalue weighted by molar-refractivity contribution is -0.687. The standard InChI is InChI=1S/C22H18F2N2O2/c1-15-12-16-13-17(23)14-18(24)21(16)19-6-2-4-8-25(19)10-11-28-22(27)20-7-3-5-9-26(15)20/h2-9,13-14H,1,10-12H2/q+2. The first kappa shape index (κ1) is 18.0. The van der Waals surface area contributed by atoms with Gasteiger partial charge >= 0.3 is 5.97 Å². The minimum atomic E-state index is -0.656. The fourth-order valence-electron chi connectivity index (χ4n) is 3.45. The van der Waals surface area contributed by atoms with Gasteiger partial charge in [-0.25, -0.2) is 13.6 Å². The van der Waals surface area contributed by atoms with E-state index in [1.165, 1.54) is 6.07 Å². The minimum absolute atomic E-state index is 0.111. The summed E-state index contributed by atoms with van der Waals surface area (Å²) in [5, 5.41) is 0. The number of cyclic esters (lactones) is 1. The zero-order chi connectivity index (χ0) is 19.7. The van der Waals surface area contributed by atoms with Crippen LogP contribution in [0.3, 0.4) is 0 Å². The molecular weight excluding hydrogens is 362 g/mol. The Morgan fingerprint density at radius 2 is 1.75 bits per heavy atom. The summed E-state index contributed by atoms with van der Waals surface area (Å²) in [6.45, 7) is 4.49. The van der Waals surface area contributed by atoms with Gasteiger partial charge in [-0.05, 0) is 30.3 Å². The van der Waals surface area contributed by atoms with Crippen LogP contribution in [0.4, 0.5) is 8.78 Å². The number of hydrogen-bond donors (Lipinski definition) is 0. The van der Waals surface area contributed by atoms with Crippen molar-refractivity contribution in [3.05, 3.63) is 90.4 Å². The van der Waals surface area contributed by atoms with Gasteiger partial charge in [-0.3, -0.25) is 0 Å². The second-order valence-corrected chi connectivity index (χ2v) is 6.54. The van der Waals surface area contributed by atoms with Crippen LogP contribution in [0.2, 0.25) is 0 Å². The highest BCUT2D eigenvalue weighted by atomic mass is 19.1. The van der Waals surface area contributed by atoms with Crippen LogP contribution >= 0.6 is 0 Å². The Labute approximate surface area is 161 Å². The largest absolute Gasteiger partial charge is 0.451 e. The molecule has 0 fully saturated rings. The van der Waals surface area contributed by atoms with Crippen molar-refractivity contribution in [3.63, 3.8) is 0 Å². The van der Waals surface area contributed by atoms with Gasteiger partial charge in [-0.1, -0.05) is 0 Å². The number of ether oxygens (including phenoxy) is 1. The molecule has 1 aromatic carbocycles. The van der Waals surface area contributed by atoms with Crippen molar-refractivity contribution in [1.29, 1.82) is 0 Å². The predicted octanol–water partition coefficient (Wildman–Crippen LogP) is 3.09. The van der Waals surface area contributed by atoms with Crippen molar-refractivity contribution >= 4 is 11.7 Å². The van der Waals surface area contributed by atoms with Gasteiger partial charge in [0.25, 0.3) is 5.69 Å². The number of nitrogens with zero attached hydrogens (tertiary/aromatic N) is 2. The van der Waals surface area contributed by atoms with E-state index in [0.717, 1.165) is 6.07 Å². The van der Waals surface area contributed by atoms with Gasteiger partial charge in [-0.15, -0.1) is 0 Å². The summed E-state index contributed by atoms with van der Waals surface area (Å²) in [5.74, 6) is -1.78. The Hall–Kier alpha value is -3.41. The average molecular weight is 380 g/mol. The summed E-state index contributed by atoms with van der Waals surface area (Å²) in [5.41, 5.74) is 2.16. The fraction of sp³-hybridized carbons (Fsp3) is 0.136. The topological polar surface area (TPSA) is 34.1 Å². The number of carbonyl (C=O) groups is 1. The van der Waals surface area contributed by atoms with Crippen LogP contribution in [0.5, 0.6) is 0 Å². The van der Waals surface area contributed by atoms with Crippen LogP contribution in [0.25, 0.3) is 17.0 Å². The smallest absolute Gasteiger partial charge is 0.404 e. The van der Waals surface area contributed by atoms with Gasteiger partial charge in [0, 0.05) is 30.3 Å². The van der Waals surface area contributed by atoms with Crippen molar-refractivity contribution in [2.75, 3.05) is 6.61 Å². The number of benzene rings is 1. The van der Waals surface area contributed by atoms with Gasteiger partial charge < -0.3 is 4.74 Å². The zero-order valence-electron chi connectivity index (χ0n) is 15.1. The molecule has 0 aliphatic carbocycles. The van der Waals surface area contributed by atoms with E-state index < -0.39 is 17.6 Å². The lowest BCUT2D eigenvalue weighted by atomic mass is 9.98. The van der Waals surface area contributed by atoms with E-state index in [-0.39, 0.29) is 13.0 Å². The molecule has 3 heterocycles. The average Bonchev–Trinajstić information content (AvgIpc) is 2.67. The van der Waals surface area contributed by atoms with E-state index in [9.17, 15) is 13.6 Å². The van der Waals surface area contributed by atoms with Crippen molar-refractivity contribution in [2.45, 2.75) is 13.0 Å². The van der Waals surface area contributed by atoms with Crippen LogP contribution in [-0.4, -0.2) is 12.6 Å². The quantitative estimate of drug-likeness (QED) is 0.444. The summed E-state index contributed by atoms with van der Waals surface area (Å²) in [6.07, 6.45) is 3.62. The fourth-order valence-corrected chi connectivity index (χ4v) is 3.45. The third-order valence-corrected chi connectivity index (χ3v) is 4.70. The Bertz CT molecular complexity index is 1100. The van der Waals surface area contributed by atoms with Crippen molar-refractivity contribution in [2.24, 2.45) is 0 Å². The number of allylic oxidation sites excluding steroid dienone is 1. The van der Waals surface area contributed by atoms with E-state index in [1.54, 1.807) is 51.9 Å². The molecule has 2 aromatic heterocycles. The Morgan fingerprint density at radius 3 is 2.57 bits per heavy atom. The van der Waals surface area contributed by atoms with Crippen LogP contribution < -0.4 is 9.13 Å². The summed E-state index contributed by atoms with van der Waals surface area (Å²) in [4.78, 5) is 12.5. The molecule has 0 saturated carbocycles. The molecule has 0 amide bonds. The Balaban J connectivity index is 1.94. The van der Waals surface area contributed by atoms with E-state index in [2.05, 4.69) is 6.58 Å². The van der Waals surface area contributed by atoms with Crippen LogP contribution in [0.1, 0.15) is 16.1 Å². The molecule has 6 heteroatoms. The zero-order valence-corrected chi connectivity index (χ0v) is 15.1. The maximum atomic E-state index is 14.8. The number of esters is 1. The van der Waals surface area contributed by atoms with Gasteiger partial charge in [0.05, 0.1) is 12.0 Å². The van der Waals surface area contributed by atoms with Gasteiger partial charge in [0.15, 0.2) is 31.2 Å². The highest BCUT2D eigenvalue weighted by Crippen LogP contribution is 2.28. The summed E-state index contributed by atoms with van der Waals surface area (Å²) < 4.78 is 37.7. The number of rotatable bonds is 0. The highest BCUT2D eigenvalue weighted by molar-refractivity contribution is 5.86. The van der Waals surface area contributed by atoms with Crippen LogP contribution in [-0.2, 0) is 17.7 Å². The molecule has 0 bridgehead atoms. The minimum Gasteiger partial charge on any atom is -0.451 e. The molecule has 4 rings (SSSR count). The third kappa shape index (κ3) is 3.29. The molecule has 0 unspecified atom stereocenters. The summed E-state index contributed by atoms with van der Waals surface area (Å²) >= 11 is 0. The lowest BCUT2D eigenvalue weighted by Gasteiger charge is -2.13. The summed E-state index contributed by atoms with van der Waals surface area (Å²) in [6, 6.07) is 12.7. The molecule has 0 spiro atoms. The maximum absolute atomic E-state index is 14.8.